The van der Waals surface area contributed by atoms with E-state index in [-0.39, 0.29) is 0 Å². The smallest absolute Gasteiger partial charge is 0.341 e. The zero-order valence-corrected chi connectivity index (χ0v) is 9.32. The molecule has 1 aromatic heterocycles. The summed E-state index contributed by atoms with van der Waals surface area (Å²) in [6.07, 6.45) is 0. The zero-order chi connectivity index (χ0) is 10.7. The van der Waals surface area contributed by atoms with Crippen molar-refractivity contribution in [1.29, 1.82) is 0 Å². The van der Waals surface area contributed by atoms with Crippen LogP contribution in [0.4, 0.5) is 0 Å². The molecule has 0 aromatic carbocycles. The third-order valence-electron chi connectivity index (χ3n) is 1.67. The average Bonchev–Trinajstić information content (AvgIpc) is 2.47. The molecule has 0 saturated carbocycles. The number of esters is 1. The van der Waals surface area contributed by atoms with Crippen molar-refractivity contribution in [3.63, 3.8) is 0 Å². The van der Waals surface area contributed by atoms with Gasteiger partial charge in [-0.15, -0.1) is 0 Å². The summed E-state index contributed by atoms with van der Waals surface area (Å²) in [6, 6.07) is 0. The van der Waals surface area contributed by atoms with Gasteiger partial charge in [-0.05, 0) is 13.8 Å². The van der Waals surface area contributed by atoms with Crippen molar-refractivity contribution >= 4 is 29.2 Å². The summed E-state index contributed by atoms with van der Waals surface area (Å²) in [7, 11) is 0. The first-order chi connectivity index (χ1) is 6.57. The zero-order valence-electron chi connectivity index (χ0n) is 7.80. The van der Waals surface area contributed by atoms with E-state index in [1.165, 1.54) is 0 Å². The summed E-state index contributed by atoms with van der Waals surface area (Å²) < 4.78 is 4.84. The predicted molar refractivity (Wildman–Crippen MR) is 53.7 cm³/mol. The van der Waals surface area contributed by atoms with Gasteiger partial charge in [0.05, 0.1) is 18.0 Å². The molecular formula is C8H10Cl2N2O2. The molecule has 1 rings (SSSR count). The number of aromatic amines is 1. The van der Waals surface area contributed by atoms with E-state index in [0.717, 1.165) is 0 Å². The van der Waals surface area contributed by atoms with E-state index in [4.69, 9.17) is 27.9 Å². The first-order valence-electron chi connectivity index (χ1n) is 4.08. The predicted octanol–water partition coefficient (Wildman–Crippen LogP) is 2.37. The van der Waals surface area contributed by atoms with Crippen LogP contribution in [0.25, 0.3) is 0 Å². The Morgan fingerprint density at radius 3 is 2.79 bits per heavy atom. The average molecular weight is 237 g/mol. The maximum absolute atomic E-state index is 11.5. The molecule has 6 heteroatoms. The third-order valence-corrected chi connectivity index (χ3v) is 2.11. The highest BCUT2D eigenvalue weighted by Gasteiger charge is 2.22. The number of aryl methyl sites for hydroxylation is 1. The maximum atomic E-state index is 11.5. The molecule has 14 heavy (non-hydrogen) atoms. The standard InChI is InChI=1S/C8H10Cl2N2O2/c1-3-14-8(13)5-4(2)11-12-6(5)7(9)10/h7H,3H2,1-2H3,(H,11,12). The van der Waals surface area contributed by atoms with E-state index in [9.17, 15) is 4.79 Å². The number of ether oxygens (including phenoxy) is 1. The summed E-state index contributed by atoms with van der Waals surface area (Å²) in [6.45, 7) is 3.71. The van der Waals surface area contributed by atoms with Crippen LogP contribution in [0.1, 0.15) is 33.5 Å². The molecule has 0 spiro atoms. The Balaban J connectivity index is 3.04. The van der Waals surface area contributed by atoms with Crippen LogP contribution in [0.5, 0.6) is 0 Å². The van der Waals surface area contributed by atoms with Crippen LogP contribution in [0, 0.1) is 6.92 Å². The fourth-order valence-electron chi connectivity index (χ4n) is 1.07. The normalized spacial score (nSPS) is 10.6. The number of nitrogens with one attached hydrogen (secondary N) is 1. The van der Waals surface area contributed by atoms with Crippen LogP contribution in [-0.2, 0) is 4.74 Å². The molecule has 0 unspecified atom stereocenters. The second-order valence-corrected chi connectivity index (χ2v) is 3.72. The summed E-state index contributed by atoms with van der Waals surface area (Å²) in [5.74, 6) is -0.458. The van der Waals surface area contributed by atoms with Crippen molar-refractivity contribution in [1.82, 2.24) is 10.2 Å². The van der Waals surface area contributed by atoms with E-state index in [0.29, 0.717) is 23.6 Å². The summed E-state index contributed by atoms with van der Waals surface area (Å²) in [5, 5.41) is 6.44. The molecule has 0 saturated heterocycles. The monoisotopic (exact) mass is 236 g/mol. The van der Waals surface area contributed by atoms with E-state index < -0.39 is 10.8 Å². The van der Waals surface area contributed by atoms with Crippen LogP contribution in [0.3, 0.4) is 0 Å². The number of halogens is 2. The fraction of sp³-hybridized carbons (Fsp3) is 0.500. The van der Waals surface area contributed by atoms with E-state index in [1.807, 2.05) is 0 Å². The number of alkyl halides is 2. The molecule has 78 valence electrons. The van der Waals surface area contributed by atoms with Gasteiger partial charge in [0.2, 0.25) is 0 Å². The lowest BCUT2D eigenvalue weighted by Crippen LogP contribution is -2.08. The minimum absolute atomic E-state index is 0.304. The SMILES string of the molecule is CCOC(=O)c1c(C)n[nH]c1C(Cl)Cl. The highest BCUT2D eigenvalue weighted by molar-refractivity contribution is 6.44. The van der Waals surface area contributed by atoms with Crippen molar-refractivity contribution < 1.29 is 9.53 Å². The van der Waals surface area contributed by atoms with Gasteiger partial charge in [0.15, 0.2) is 0 Å². The van der Waals surface area contributed by atoms with Crippen molar-refractivity contribution in [2.45, 2.75) is 18.7 Å². The minimum atomic E-state index is -0.810. The largest absolute Gasteiger partial charge is 0.462 e. The van der Waals surface area contributed by atoms with E-state index in [2.05, 4.69) is 10.2 Å². The number of hydrogen-bond acceptors (Lipinski definition) is 3. The quantitative estimate of drug-likeness (QED) is 0.648. The van der Waals surface area contributed by atoms with Crippen molar-refractivity contribution in [3.05, 3.63) is 17.0 Å². The van der Waals surface area contributed by atoms with Crippen LogP contribution < -0.4 is 0 Å². The van der Waals surface area contributed by atoms with Gasteiger partial charge in [0, 0.05) is 0 Å². The number of hydrogen-bond donors (Lipinski definition) is 1. The second-order valence-electron chi connectivity index (χ2n) is 2.62. The van der Waals surface area contributed by atoms with Gasteiger partial charge in [-0.25, -0.2) is 4.79 Å². The molecule has 0 atom stereocenters. The van der Waals surface area contributed by atoms with Gasteiger partial charge in [-0.1, -0.05) is 23.2 Å². The lowest BCUT2D eigenvalue weighted by molar-refractivity contribution is 0.0524. The molecule has 0 fully saturated rings. The van der Waals surface area contributed by atoms with E-state index >= 15 is 0 Å². The van der Waals surface area contributed by atoms with Crippen molar-refractivity contribution in [3.8, 4) is 0 Å². The molecule has 1 N–H and O–H groups in total. The third kappa shape index (κ3) is 2.19. The van der Waals surface area contributed by atoms with Crippen LogP contribution >= 0.6 is 23.2 Å². The molecule has 1 aromatic rings. The molecular weight excluding hydrogens is 227 g/mol. The highest BCUT2D eigenvalue weighted by atomic mass is 35.5. The number of nitrogens with zero attached hydrogens (tertiary/aromatic N) is 1. The lowest BCUT2D eigenvalue weighted by atomic mass is 10.2. The number of carbonyl (C=O) groups is 1. The molecule has 0 aliphatic heterocycles. The molecule has 0 aliphatic carbocycles. The Morgan fingerprint density at radius 2 is 2.29 bits per heavy atom. The molecule has 4 nitrogen and oxygen atoms in total. The van der Waals surface area contributed by atoms with Gasteiger partial charge in [-0.3, -0.25) is 5.10 Å². The Morgan fingerprint density at radius 1 is 1.64 bits per heavy atom. The Hall–Kier alpha value is -0.740. The number of carbonyl (C=O) groups excluding carboxylic acids is 1. The molecule has 0 bridgehead atoms. The Kier molecular flexibility index (Phi) is 3.77. The topological polar surface area (TPSA) is 55.0 Å². The Bertz CT molecular complexity index is 336. The number of rotatable bonds is 3. The molecule has 0 amide bonds. The highest BCUT2D eigenvalue weighted by Crippen LogP contribution is 2.27. The first kappa shape index (κ1) is 11.3. The summed E-state index contributed by atoms with van der Waals surface area (Å²) >= 11 is 11.3. The van der Waals surface area contributed by atoms with Gasteiger partial charge < -0.3 is 4.74 Å². The molecule has 1 heterocycles. The van der Waals surface area contributed by atoms with Crippen molar-refractivity contribution in [2.75, 3.05) is 6.61 Å². The van der Waals surface area contributed by atoms with Crippen LogP contribution in [0.15, 0.2) is 0 Å². The summed E-state index contributed by atoms with van der Waals surface area (Å²) in [4.78, 5) is 10.6. The fourth-order valence-corrected chi connectivity index (χ4v) is 1.39. The van der Waals surface area contributed by atoms with Crippen LogP contribution in [-0.4, -0.2) is 22.8 Å². The number of H-pyrrole nitrogens is 1. The van der Waals surface area contributed by atoms with Crippen LogP contribution in [0.2, 0.25) is 0 Å². The number of aromatic nitrogens is 2. The Labute approximate surface area is 91.5 Å². The second kappa shape index (κ2) is 4.66. The van der Waals surface area contributed by atoms with Gasteiger partial charge >= 0.3 is 5.97 Å². The van der Waals surface area contributed by atoms with Gasteiger partial charge in [0.25, 0.3) is 0 Å². The molecule has 0 radical (unpaired) electrons. The summed E-state index contributed by atoms with van der Waals surface area (Å²) in [5.41, 5.74) is 1.23. The minimum Gasteiger partial charge on any atom is -0.462 e. The van der Waals surface area contributed by atoms with Gasteiger partial charge in [-0.2, -0.15) is 5.10 Å². The maximum Gasteiger partial charge on any atom is 0.341 e. The first-order valence-corrected chi connectivity index (χ1v) is 4.95. The van der Waals surface area contributed by atoms with Crippen molar-refractivity contribution in [2.24, 2.45) is 0 Å². The molecule has 0 aliphatic rings. The lowest BCUT2D eigenvalue weighted by Gasteiger charge is -2.03. The van der Waals surface area contributed by atoms with Gasteiger partial charge in [0.1, 0.15) is 10.4 Å². The van der Waals surface area contributed by atoms with E-state index in [1.54, 1.807) is 13.8 Å².